The first-order valence-electron chi connectivity index (χ1n) is 9.10. The quantitative estimate of drug-likeness (QED) is 0.457. The Morgan fingerprint density at radius 3 is 2.68 bits per heavy atom. The van der Waals surface area contributed by atoms with Crippen LogP contribution in [0, 0.1) is 5.82 Å². The second-order valence-corrected chi connectivity index (χ2v) is 7.33. The van der Waals surface area contributed by atoms with Crippen LogP contribution in [0.4, 0.5) is 4.39 Å². The molecule has 0 N–H and O–H groups in total. The van der Waals surface area contributed by atoms with E-state index in [4.69, 9.17) is 4.74 Å². The largest absolute Gasteiger partial charge is 0.494 e. The predicted octanol–water partition coefficient (Wildman–Crippen LogP) is 5.10. The molecule has 0 atom stereocenters. The van der Waals surface area contributed by atoms with Crippen LogP contribution in [0.3, 0.4) is 0 Å². The Kier molecular flexibility index (Phi) is 5.21. The Labute approximate surface area is 165 Å². The fourth-order valence-electron chi connectivity index (χ4n) is 3.05. The minimum absolute atomic E-state index is 0.146. The van der Waals surface area contributed by atoms with Crippen molar-refractivity contribution in [2.75, 3.05) is 6.61 Å². The molecular formula is C22H19FN2O2S. The van der Waals surface area contributed by atoms with E-state index >= 15 is 0 Å². The summed E-state index contributed by atoms with van der Waals surface area (Å²) in [4.78, 5) is 18.2. The van der Waals surface area contributed by atoms with E-state index in [-0.39, 0.29) is 17.9 Å². The lowest BCUT2D eigenvalue weighted by atomic mass is 10.1. The molecule has 0 saturated carbocycles. The van der Waals surface area contributed by atoms with Gasteiger partial charge in [-0.25, -0.2) is 9.37 Å². The summed E-state index contributed by atoms with van der Waals surface area (Å²) in [6.45, 7) is 2.88. The Hall–Kier alpha value is -2.99. The van der Waals surface area contributed by atoms with E-state index in [1.165, 1.54) is 28.3 Å². The monoisotopic (exact) mass is 394 g/mol. The molecule has 2 aromatic heterocycles. The molecule has 6 heteroatoms. The lowest BCUT2D eigenvalue weighted by Crippen LogP contribution is -2.21. The van der Waals surface area contributed by atoms with Gasteiger partial charge < -0.3 is 4.74 Å². The van der Waals surface area contributed by atoms with Crippen LogP contribution in [-0.2, 0) is 6.54 Å². The van der Waals surface area contributed by atoms with Crippen LogP contribution in [-0.4, -0.2) is 16.2 Å². The molecule has 0 amide bonds. The summed E-state index contributed by atoms with van der Waals surface area (Å²) in [5, 5.41) is 2.50. The highest BCUT2D eigenvalue weighted by Gasteiger charge is 2.14. The third-order valence-corrected chi connectivity index (χ3v) is 5.38. The smallest absolute Gasteiger partial charge is 0.263 e. The Morgan fingerprint density at radius 1 is 1.14 bits per heavy atom. The first-order valence-corrected chi connectivity index (χ1v) is 9.98. The van der Waals surface area contributed by atoms with Crippen LogP contribution in [0.2, 0.25) is 0 Å². The van der Waals surface area contributed by atoms with Crippen molar-refractivity contribution in [1.82, 2.24) is 9.55 Å². The molecule has 2 heterocycles. The summed E-state index contributed by atoms with van der Waals surface area (Å²) >= 11 is 1.43. The van der Waals surface area contributed by atoms with Crippen molar-refractivity contribution >= 4 is 21.6 Å². The molecule has 0 fully saturated rings. The number of halogens is 1. The van der Waals surface area contributed by atoms with Gasteiger partial charge in [-0.3, -0.25) is 9.36 Å². The van der Waals surface area contributed by atoms with Crippen LogP contribution < -0.4 is 10.3 Å². The number of thiophene rings is 1. The molecule has 0 saturated heterocycles. The van der Waals surface area contributed by atoms with Crippen LogP contribution in [0.15, 0.2) is 65.0 Å². The normalized spacial score (nSPS) is 11.1. The van der Waals surface area contributed by atoms with Gasteiger partial charge in [0.25, 0.3) is 5.56 Å². The van der Waals surface area contributed by atoms with Crippen molar-refractivity contribution < 1.29 is 9.13 Å². The lowest BCUT2D eigenvalue weighted by molar-refractivity contribution is 0.317. The molecule has 4 rings (SSSR count). The highest BCUT2D eigenvalue weighted by molar-refractivity contribution is 7.17. The van der Waals surface area contributed by atoms with Crippen LogP contribution in [0.1, 0.15) is 18.9 Å². The average molecular weight is 394 g/mol. The first-order chi connectivity index (χ1) is 13.7. The Bertz CT molecular complexity index is 1170. The van der Waals surface area contributed by atoms with Gasteiger partial charge in [0.05, 0.1) is 24.9 Å². The van der Waals surface area contributed by atoms with Gasteiger partial charge in [-0.05, 0) is 30.2 Å². The second kappa shape index (κ2) is 7.94. The van der Waals surface area contributed by atoms with Crippen molar-refractivity contribution in [2.24, 2.45) is 0 Å². The van der Waals surface area contributed by atoms with Gasteiger partial charge in [0, 0.05) is 16.5 Å². The molecule has 4 nitrogen and oxygen atoms in total. The number of hydrogen-bond donors (Lipinski definition) is 0. The summed E-state index contributed by atoms with van der Waals surface area (Å²) in [5.74, 6) is 0.475. The number of benzene rings is 2. The minimum Gasteiger partial charge on any atom is -0.494 e. The average Bonchev–Trinajstić information content (AvgIpc) is 3.15. The first kappa shape index (κ1) is 18.4. The van der Waals surface area contributed by atoms with E-state index in [9.17, 15) is 9.18 Å². The summed E-state index contributed by atoms with van der Waals surface area (Å²) < 4.78 is 21.1. The van der Waals surface area contributed by atoms with Gasteiger partial charge in [-0.15, -0.1) is 11.3 Å². The zero-order valence-electron chi connectivity index (χ0n) is 15.4. The van der Waals surface area contributed by atoms with Gasteiger partial charge in [0.1, 0.15) is 16.4 Å². The molecule has 4 aromatic rings. The fraction of sp³-hybridized carbons (Fsp3) is 0.182. The van der Waals surface area contributed by atoms with Crippen molar-refractivity contribution in [1.29, 1.82) is 0 Å². The summed E-state index contributed by atoms with van der Waals surface area (Å²) in [6, 6.07) is 14.2. The Balaban J connectivity index is 1.73. The van der Waals surface area contributed by atoms with E-state index in [2.05, 4.69) is 11.9 Å². The number of ether oxygens (including phenoxy) is 1. The van der Waals surface area contributed by atoms with Gasteiger partial charge in [0.2, 0.25) is 0 Å². The van der Waals surface area contributed by atoms with Crippen molar-refractivity contribution in [3.05, 3.63) is 82.0 Å². The number of hydrogen-bond acceptors (Lipinski definition) is 4. The van der Waals surface area contributed by atoms with Crippen molar-refractivity contribution in [3.63, 3.8) is 0 Å². The van der Waals surface area contributed by atoms with Crippen LogP contribution in [0.25, 0.3) is 21.3 Å². The van der Waals surface area contributed by atoms with Crippen molar-refractivity contribution in [2.45, 2.75) is 19.9 Å². The maximum atomic E-state index is 14.0. The van der Waals surface area contributed by atoms with E-state index in [1.54, 1.807) is 18.2 Å². The number of fused-ring (bicyclic) bond motifs is 1. The zero-order chi connectivity index (χ0) is 19.5. The maximum absolute atomic E-state index is 14.0. The third-order valence-electron chi connectivity index (χ3n) is 4.50. The molecular weight excluding hydrogens is 375 g/mol. The molecule has 142 valence electrons. The highest BCUT2D eigenvalue weighted by Crippen LogP contribution is 2.31. The molecule has 2 aromatic carbocycles. The molecule has 0 bridgehead atoms. The van der Waals surface area contributed by atoms with Crippen LogP contribution >= 0.6 is 11.3 Å². The summed E-state index contributed by atoms with van der Waals surface area (Å²) in [6.07, 6.45) is 2.43. The molecule has 0 aliphatic rings. The van der Waals surface area contributed by atoms with E-state index < -0.39 is 0 Å². The molecule has 28 heavy (non-hydrogen) atoms. The molecule has 0 spiro atoms. The van der Waals surface area contributed by atoms with E-state index in [1.807, 2.05) is 29.6 Å². The number of aromatic nitrogens is 2. The standard InChI is InChI=1S/C22H19FN2O2S/c1-2-11-27-17-9-7-15(8-10-17)18-13-28-21-20(18)22(26)25(14-24-21)12-16-5-3-4-6-19(16)23/h3-10,13-14H,2,11-12H2,1H3. The predicted molar refractivity (Wildman–Crippen MR) is 111 cm³/mol. The fourth-order valence-corrected chi connectivity index (χ4v) is 3.96. The third kappa shape index (κ3) is 3.55. The second-order valence-electron chi connectivity index (χ2n) is 6.47. The zero-order valence-corrected chi connectivity index (χ0v) is 16.2. The van der Waals surface area contributed by atoms with Crippen molar-refractivity contribution in [3.8, 4) is 16.9 Å². The van der Waals surface area contributed by atoms with Gasteiger partial charge in [0.15, 0.2) is 0 Å². The minimum atomic E-state index is -0.331. The van der Waals surface area contributed by atoms with Crippen LogP contribution in [0.5, 0.6) is 5.75 Å². The topological polar surface area (TPSA) is 44.1 Å². The number of nitrogens with zero attached hydrogens (tertiary/aromatic N) is 2. The molecule has 0 radical (unpaired) electrons. The highest BCUT2D eigenvalue weighted by atomic mass is 32.1. The Morgan fingerprint density at radius 2 is 1.93 bits per heavy atom. The van der Waals surface area contributed by atoms with Gasteiger partial charge in [-0.2, -0.15) is 0 Å². The SMILES string of the molecule is CCCOc1ccc(-c2csc3ncn(Cc4ccccc4F)c(=O)c23)cc1. The summed E-state index contributed by atoms with van der Waals surface area (Å²) in [7, 11) is 0. The summed E-state index contributed by atoms with van der Waals surface area (Å²) in [5.41, 5.74) is 2.05. The van der Waals surface area contributed by atoms with Gasteiger partial charge >= 0.3 is 0 Å². The lowest BCUT2D eigenvalue weighted by Gasteiger charge is -2.08. The van der Waals surface area contributed by atoms with E-state index in [0.717, 1.165) is 23.3 Å². The molecule has 0 aliphatic carbocycles. The maximum Gasteiger partial charge on any atom is 0.263 e. The van der Waals surface area contributed by atoms with E-state index in [0.29, 0.717) is 22.4 Å². The van der Waals surface area contributed by atoms with Gasteiger partial charge in [-0.1, -0.05) is 37.3 Å². The molecule has 0 aliphatic heterocycles. The number of rotatable bonds is 6. The molecule has 0 unspecified atom stereocenters.